The molecule has 0 unspecified atom stereocenters. The molecule has 0 saturated carbocycles. The van der Waals surface area contributed by atoms with E-state index in [1.165, 1.54) is 6.42 Å². The molecular formula is C13H28IN3O2. The Morgan fingerprint density at radius 2 is 2.11 bits per heavy atom. The summed E-state index contributed by atoms with van der Waals surface area (Å²) in [6.07, 6.45) is 5.63. The van der Waals surface area contributed by atoms with E-state index in [1.807, 2.05) is 0 Å². The van der Waals surface area contributed by atoms with Crippen LogP contribution in [0.5, 0.6) is 0 Å². The minimum atomic E-state index is 0. The zero-order valence-electron chi connectivity index (χ0n) is 11.9. The molecule has 1 rings (SSSR count). The van der Waals surface area contributed by atoms with Gasteiger partial charge in [-0.05, 0) is 25.7 Å². The van der Waals surface area contributed by atoms with Crippen molar-refractivity contribution in [1.82, 2.24) is 5.32 Å². The number of hydrogen-bond donors (Lipinski definition) is 2. The Hall–Kier alpha value is -0.0800. The van der Waals surface area contributed by atoms with Crippen molar-refractivity contribution >= 4 is 29.9 Å². The predicted molar refractivity (Wildman–Crippen MR) is 89.2 cm³/mol. The van der Waals surface area contributed by atoms with Gasteiger partial charge in [0.2, 0.25) is 0 Å². The number of nitrogens with one attached hydrogen (secondary N) is 1. The maximum absolute atomic E-state index is 5.75. The highest BCUT2D eigenvalue weighted by Gasteiger charge is 2.13. The summed E-state index contributed by atoms with van der Waals surface area (Å²) < 4.78 is 11.0. The Bertz CT molecular complexity index is 234. The monoisotopic (exact) mass is 385 g/mol. The van der Waals surface area contributed by atoms with E-state index in [1.54, 1.807) is 0 Å². The van der Waals surface area contributed by atoms with Gasteiger partial charge in [0, 0.05) is 32.9 Å². The van der Waals surface area contributed by atoms with Gasteiger partial charge in [0.1, 0.15) is 0 Å². The number of ether oxygens (including phenoxy) is 2. The maximum atomic E-state index is 5.75. The van der Waals surface area contributed by atoms with Gasteiger partial charge in [-0.25, -0.2) is 0 Å². The fourth-order valence-electron chi connectivity index (χ4n) is 1.81. The molecule has 0 aromatic rings. The normalized spacial score (nSPS) is 17.0. The summed E-state index contributed by atoms with van der Waals surface area (Å²) >= 11 is 0. The molecule has 0 amide bonds. The van der Waals surface area contributed by atoms with Gasteiger partial charge >= 0.3 is 0 Å². The lowest BCUT2D eigenvalue weighted by Crippen LogP contribution is -2.32. The molecule has 0 aliphatic carbocycles. The zero-order chi connectivity index (χ0) is 13.1. The minimum Gasteiger partial charge on any atom is -0.381 e. The van der Waals surface area contributed by atoms with Crippen molar-refractivity contribution in [3.63, 3.8) is 0 Å². The van der Waals surface area contributed by atoms with E-state index in [0.29, 0.717) is 12.1 Å². The minimum absolute atomic E-state index is 0. The second kappa shape index (κ2) is 12.9. The summed E-state index contributed by atoms with van der Waals surface area (Å²) in [7, 11) is 0. The number of nitrogens with zero attached hydrogens (tertiary/aromatic N) is 1. The lowest BCUT2D eigenvalue weighted by atomic mass is 10.1. The van der Waals surface area contributed by atoms with Crippen LogP contribution in [0.3, 0.4) is 0 Å². The van der Waals surface area contributed by atoms with Crippen molar-refractivity contribution in [3.05, 3.63) is 0 Å². The van der Waals surface area contributed by atoms with Gasteiger partial charge in [-0.2, -0.15) is 0 Å². The first kappa shape index (κ1) is 18.9. The zero-order valence-corrected chi connectivity index (χ0v) is 14.2. The summed E-state index contributed by atoms with van der Waals surface area (Å²) in [6, 6.07) is 0. The summed E-state index contributed by atoms with van der Waals surface area (Å²) in [6.45, 7) is 6.21. The van der Waals surface area contributed by atoms with Gasteiger partial charge in [0.05, 0.1) is 6.10 Å². The number of hydrogen-bond acceptors (Lipinski definition) is 3. The first-order valence-electron chi connectivity index (χ1n) is 7.06. The third-order valence-corrected chi connectivity index (χ3v) is 2.94. The topological polar surface area (TPSA) is 68.9 Å². The molecule has 0 aromatic carbocycles. The van der Waals surface area contributed by atoms with Crippen LogP contribution >= 0.6 is 24.0 Å². The average Bonchev–Trinajstić information content (AvgIpc) is 2.40. The van der Waals surface area contributed by atoms with Crippen LogP contribution in [0, 0.1) is 0 Å². The molecule has 0 spiro atoms. The summed E-state index contributed by atoms with van der Waals surface area (Å²) in [5, 5.41) is 3.09. The lowest BCUT2D eigenvalue weighted by molar-refractivity contribution is -0.0318. The van der Waals surface area contributed by atoms with E-state index in [4.69, 9.17) is 15.2 Å². The van der Waals surface area contributed by atoms with Crippen LogP contribution in [0.15, 0.2) is 4.99 Å². The van der Waals surface area contributed by atoms with Crippen LogP contribution in [0.4, 0.5) is 0 Å². The molecule has 0 atom stereocenters. The largest absolute Gasteiger partial charge is 0.381 e. The van der Waals surface area contributed by atoms with Crippen LogP contribution in [0.1, 0.15) is 39.0 Å². The van der Waals surface area contributed by atoms with Crippen LogP contribution in [-0.4, -0.2) is 45.0 Å². The quantitative estimate of drug-likeness (QED) is 0.290. The molecule has 5 nitrogen and oxygen atoms in total. The smallest absolute Gasteiger partial charge is 0.188 e. The van der Waals surface area contributed by atoms with E-state index >= 15 is 0 Å². The molecule has 1 saturated heterocycles. The standard InChI is InChI=1S/C13H27N3O2.HI/c1-2-3-7-15-13(14)16-8-4-9-18-12-5-10-17-11-6-12;/h12H,2-11H2,1H3,(H3,14,15,16);1H. The van der Waals surface area contributed by atoms with Crippen molar-refractivity contribution in [3.8, 4) is 0 Å². The molecule has 1 aliphatic rings. The summed E-state index contributed by atoms with van der Waals surface area (Å²) in [4.78, 5) is 4.26. The molecule has 0 aromatic heterocycles. The lowest BCUT2D eigenvalue weighted by Gasteiger charge is -2.22. The van der Waals surface area contributed by atoms with Crippen LogP contribution in [-0.2, 0) is 9.47 Å². The highest BCUT2D eigenvalue weighted by Crippen LogP contribution is 2.10. The van der Waals surface area contributed by atoms with Gasteiger partial charge in [-0.15, -0.1) is 24.0 Å². The average molecular weight is 385 g/mol. The van der Waals surface area contributed by atoms with Crippen LogP contribution in [0.25, 0.3) is 0 Å². The second-order valence-corrected chi connectivity index (χ2v) is 4.58. The SMILES string of the molecule is CCCCNC(N)=NCCCOC1CCOCC1.I. The van der Waals surface area contributed by atoms with Crippen LogP contribution in [0.2, 0.25) is 0 Å². The number of unbranched alkanes of at least 4 members (excludes halogenated alkanes) is 1. The Morgan fingerprint density at radius 1 is 1.37 bits per heavy atom. The Labute approximate surface area is 133 Å². The number of guanidine groups is 1. The van der Waals surface area contributed by atoms with Crippen molar-refractivity contribution in [1.29, 1.82) is 0 Å². The molecule has 1 fully saturated rings. The molecule has 1 aliphatic heterocycles. The second-order valence-electron chi connectivity index (χ2n) is 4.58. The van der Waals surface area contributed by atoms with E-state index < -0.39 is 0 Å². The van der Waals surface area contributed by atoms with Crippen molar-refractivity contribution in [2.24, 2.45) is 10.7 Å². The molecule has 114 valence electrons. The van der Waals surface area contributed by atoms with E-state index in [9.17, 15) is 0 Å². The third-order valence-electron chi connectivity index (χ3n) is 2.94. The van der Waals surface area contributed by atoms with Gasteiger partial charge in [0.25, 0.3) is 0 Å². The molecule has 3 N–H and O–H groups in total. The molecule has 19 heavy (non-hydrogen) atoms. The summed E-state index contributed by atoms with van der Waals surface area (Å²) in [5.74, 6) is 0.550. The van der Waals surface area contributed by atoms with Gasteiger partial charge in [-0.1, -0.05) is 13.3 Å². The fraction of sp³-hybridized carbons (Fsp3) is 0.923. The Morgan fingerprint density at radius 3 is 2.79 bits per heavy atom. The summed E-state index contributed by atoms with van der Waals surface area (Å²) in [5.41, 5.74) is 5.72. The molecule has 6 heteroatoms. The maximum Gasteiger partial charge on any atom is 0.188 e. The Balaban J connectivity index is 0.00000324. The first-order valence-corrected chi connectivity index (χ1v) is 7.06. The highest BCUT2D eigenvalue weighted by molar-refractivity contribution is 14.0. The molecule has 0 bridgehead atoms. The Kier molecular flexibility index (Phi) is 12.9. The molecular weight excluding hydrogens is 357 g/mol. The van der Waals surface area contributed by atoms with Crippen LogP contribution < -0.4 is 11.1 Å². The van der Waals surface area contributed by atoms with Gasteiger partial charge in [-0.3, -0.25) is 4.99 Å². The number of aliphatic imine (C=N–C) groups is 1. The molecule has 0 radical (unpaired) electrons. The van der Waals surface area contributed by atoms with E-state index in [0.717, 1.165) is 58.6 Å². The number of rotatable bonds is 8. The van der Waals surface area contributed by atoms with Gasteiger partial charge in [0.15, 0.2) is 5.96 Å². The number of halogens is 1. The van der Waals surface area contributed by atoms with E-state index in [-0.39, 0.29) is 24.0 Å². The fourth-order valence-corrected chi connectivity index (χ4v) is 1.81. The van der Waals surface area contributed by atoms with Gasteiger partial charge < -0.3 is 20.5 Å². The first-order chi connectivity index (χ1) is 8.83. The predicted octanol–water partition coefficient (Wildman–Crippen LogP) is 1.89. The van der Waals surface area contributed by atoms with Crippen molar-refractivity contribution in [2.75, 3.05) is 32.9 Å². The van der Waals surface area contributed by atoms with E-state index in [2.05, 4.69) is 17.2 Å². The van der Waals surface area contributed by atoms with Crippen molar-refractivity contribution in [2.45, 2.75) is 45.1 Å². The third kappa shape index (κ3) is 10.4. The number of nitrogens with two attached hydrogens (primary N) is 1. The molecule has 1 heterocycles. The highest BCUT2D eigenvalue weighted by atomic mass is 127. The van der Waals surface area contributed by atoms with Crippen molar-refractivity contribution < 1.29 is 9.47 Å².